The number of para-hydroxylation sites is 1. The molecular formula is C12H15BrO3. The average Bonchev–Trinajstić information content (AvgIpc) is 2.27. The zero-order chi connectivity index (χ0) is 12.3. The van der Waals surface area contributed by atoms with Gasteiger partial charge in [-0.2, -0.15) is 0 Å². The van der Waals surface area contributed by atoms with Gasteiger partial charge in [-0.05, 0) is 35.8 Å². The molecule has 1 aromatic carbocycles. The molecule has 4 heteroatoms. The Morgan fingerprint density at radius 1 is 1.31 bits per heavy atom. The van der Waals surface area contributed by atoms with E-state index in [2.05, 4.69) is 15.9 Å². The van der Waals surface area contributed by atoms with Gasteiger partial charge in [0.15, 0.2) is 0 Å². The van der Waals surface area contributed by atoms with E-state index in [4.69, 9.17) is 9.47 Å². The molecule has 0 aliphatic rings. The van der Waals surface area contributed by atoms with Crippen LogP contribution in [-0.4, -0.2) is 20.2 Å². The summed E-state index contributed by atoms with van der Waals surface area (Å²) in [4.78, 5) is 11.7. The van der Waals surface area contributed by atoms with Crippen molar-refractivity contribution in [3.05, 3.63) is 28.2 Å². The van der Waals surface area contributed by atoms with E-state index in [0.717, 1.165) is 10.0 Å². The lowest BCUT2D eigenvalue weighted by Gasteiger charge is -2.24. The Bertz CT molecular complexity index is 399. The van der Waals surface area contributed by atoms with Gasteiger partial charge in [-0.15, -0.1) is 0 Å². The molecule has 0 N–H and O–H groups in total. The fourth-order valence-electron chi connectivity index (χ4n) is 1.57. The second-order valence-corrected chi connectivity index (χ2v) is 4.79. The van der Waals surface area contributed by atoms with Gasteiger partial charge in [-0.25, -0.2) is 0 Å². The fourth-order valence-corrected chi connectivity index (χ4v) is 2.10. The molecule has 88 valence electrons. The Kier molecular flexibility index (Phi) is 3.97. The van der Waals surface area contributed by atoms with Crippen LogP contribution in [-0.2, 0) is 14.9 Å². The first-order valence-electron chi connectivity index (χ1n) is 4.86. The molecule has 0 atom stereocenters. The second kappa shape index (κ2) is 4.87. The topological polar surface area (TPSA) is 35.5 Å². The summed E-state index contributed by atoms with van der Waals surface area (Å²) >= 11 is 3.39. The molecule has 0 aliphatic carbocycles. The number of rotatable bonds is 3. The summed E-state index contributed by atoms with van der Waals surface area (Å²) in [5.74, 6) is 0.377. The lowest BCUT2D eigenvalue weighted by molar-refractivity contribution is -0.146. The molecule has 0 aliphatic heterocycles. The largest absolute Gasteiger partial charge is 0.495 e. The number of ether oxygens (including phenoxy) is 2. The predicted octanol–water partition coefficient (Wildman–Crippen LogP) is 2.91. The monoisotopic (exact) mass is 286 g/mol. The maximum absolute atomic E-state index is 11.7. The third kappa shape index (κ3) is 2.21. The van der Waals surface area contributed by atoms with Crippen LogP contribution in [0.15, 0.2) is 22.7 Å². The summed E-state index contributed by atoms with van der Waals surface area (Å²) in [6.45, 7) is 3.62. The van der Waals surface area contributed by atoms with Crippen LogP contribution >= 0.6 is 15.9 Å². The van der Waals surface area contributed by atoms with Crippen molar-refractivity contribution in [2.45, 2.75) is 19.3 Å². The van der Waals surface area contributed by atoms with E-state index < -0.39 is 5.41 Å². The van der Waals surface area contributed by atoms with Crippen molar-refractivity contribution < 1.29 is 14.3 Å². The number of hydrogen-bond donors (Lipinski definition) is 0. The number of methoxy groups -OCH3 is 2. The highest BCUT2D eigenvalue weighted by atomic mass is 79.9. The molecule has 0 amide bonds. The van der Waals surface area contributed by atoms with E-state index >= 15 is 0 Å². The van der Waals surface area contributed by atoms with Gasteiger partial charge in [-0.3, -0.25) is 4.79 Å². The third-order valence-corrected chi connectivity index (χ3v) is 3.16. The van der Waals surface area contributed by atoms with Gasteiger partial charge >= 0.3 is 5.97 Å². The van der Waals surface area contributed by atoms with Crippen LogP contribution in [0.3, 0.4) is 0 Å². The van der Waals surface area contributed by atoms with Crippen LogP contribution in [0.2, 0.25) is 0 Å². The van der Waals surface area contributed by atoms with Gasteiger partial charge in [0.05, 0.1) is 24.1 Å². The maximum atomic E-state index is 11.7. The quantitative estimate of drug-likeness (QED) is 0.802. The van der Waals surface area contributed by atoms with Crippen molar-refractivity contribution in [3.63, 3.8) is 0 Å². The van der Waals surface area contributed by atoms with E-state index in [1.807, 2.05) is 32.0 Å². The molecule has 0 unspecified atom stereocenters. The third-order valence-electron chi connectivity index (χ3n) is 2.54. The van der Waals surface area contributed by atoms with Crippen LogP contribution in [0.1, 0.15) is 19.4 Å². The summed E-state index contributed by atoms with van der Waals surface area (Å²) in [7, 11) is 2.96. The van der Waals surface area contributed by atoms with Crippen molar-refractivity contribution >= 4 is 21.9 Å². The second-order valence-electron chi connectivity index (χ2n) is 3.94. The molecular weight excluding hydrogens is 272 g/mol. The minimum absolute atomic E-state index is 0.288. The predicted molar refractivity (Wildman–Crippen MR) is 65.7 cm³/mol. The van der Waals surface area contributed by atoms with Crippen LogP contribution in [0, 0.1) is 0 Å². The lowest BCUT2D eigenvalue weighted by Crippen LogP contribution is -2.30. The lowest BCUT2D eigenvalue weighted by atomic mass is 9.84. The maximum Gasteiger partial charge on any atom is 0.315 e. The first-order valence-corrected chi connectivity index (χ1v) is 5.65. The first-order chi connectivity index (χ1) is 7.45. The van der Waals surface area contributed by atoms with Gasteiger partial charge in [0, 0.05) is 5.56 Å². The van der Waals surface area contributed by atoms with Crippen molar-refractivity contribution in [2.75, 3.05) is 14.2 Å². The number of carbonyl (C=O) groups excluding carboxylic acids is 1. The summed E-state index contributed by atoms with van der Waals surface area (Å²) in [5.41, 5.74) is 0.0698. The summed E-state index contributed by atoms with van der Waals surface area (Å²) < 4.78 is 10.9. The van der Waals surface area contributed by atoms with Crippen molar-refractivity contribution in [1.82, 2.24) is 0 Å². The first kappa shape index (κ1) is 13.0. The van der Waals surface area contributed by atoms with E-state index in [-0.39, 0.29) is 5.97 Å². The molecule has 0 saturated carbocycles. The number of esters is 1. The molecule has 16 heavy (non-hydrogen) atoms. The number of carbonyl (C=O) groups is 1. The molecule has 1 aromatic rings. The van der Waals surface area contributed by atoms with Crippen molar-refractivity contribution in [1.29, 1.82) is 0 Å². The smallest absolute Gasteiger partial charge is 0.315 e. The van der Waals surface area contributed by atoms with Gasteiger partial charge in [0.1, 0.15) is 5.75 Å². The van der Waals surface area contributed by atoms with Crippen molar-refractivity contribution in [3.8, 4) is 5.75 Å². The molecule has 0 spiro atoms. The highest BCUT2D eigenvalue weighted by molar-refractivity contribution is 9.10. The van der Waals surface area contributed by atoms with Crippen LogP contribution < -0.4 is 4.74 Å². The summed E-state index contributed by atoms with van der Waals surface area (Å²) in [6.07, 6.45) is 0. The minimum Gasteiger partial charge on any atom is -0.495 e. The van der Waals surface area contributed by atoms with Crippen LogP contribution in [0.5, 0.6) is 5.75 Å². The van der Waals surface area contributed by atoms with Gasteiger partial charge < -0.3 is 9.47 Å². The average molecular weight is 287 g/mol. The van der Waals surface area contributed by atoms with E-state index in [0.29, 0.717) is 5.75 Å². The Morgan fingerprint density at radius 3 is 2.44 bits per heavy atom. The van der Waals surface area contributed by atoms with Gasteiger partial charge in [0.25, 0.3) is 0 Å². The molecule has 0 heterocycles. The van der Waals surface area contributed by atoms with Gasteiger partial charge in [0.2, 0.25) is 0 Å². The number of hydrogen-bond acceptors (Lipinski definition) is 3. The Labute approximate surface area is 104 Å². The highest BCUT2D eigenvalue weighted by Crippen LogP contribution is 2.37. The number of benzene rings is 1. The van der Waals surface area contributed by atoms with Crippen LogP contribution in [0.4, 0.5) is 0 Å². The van der Waals surface area contributed by atoms with E-state index in [1.54, 1.807) is 7.11 Å². The molecule has 0 bridgehead atoms. The molecule has 0 aromatic heterocycles. The van der Waals surface area contributed by atoms with Crippen LogP contribution in [0.25, 0.3) is 0 Å². The van der Waals surface area contributed by atoms with Crippen molar-refractivity contribution in [2.24, 2.45) is 0 Å². The Hall–Kier alpha value is -1.03. The van der Waals surface area contributed by atoms with E-state index in [1.165, 1.54) is 7.11 Å². The highest BCUT2D eigenvalue weighted by Gasteiger charge is 2.34. The zero-order valence-corrected chi connectivity index (χ0v) is 11.4. The normalized spacial score (nSPS) is 11.1. The SMILES string of the molecule is COC(=O)C(C)(C)c1cccc(Br)c1OC. The van der Waals surface area contributed by atoms with E-state index in [9.17, 15) is 4.79 Å². The molecule has 0 fully saturated rings. The summed E-state index contributed by atoms with van der Waals surface area (Å²) in [6, 6.07) is 5.60. The molecule has 3 nitrogen and oxygen atoms in total. The zero-order valence-electron chi connectivity index (χ0n) is 9.83. The summed E-state index contributed by atoms with van der Waals surface area (Å²) in [5, 5.41) is 0. The molecule has 0 radical (unpaired) electrons. The standard InChI is InChI=1S/C12H15BrO3/c1-12(2,11(14)16-4)8-6-5-7-9(13)10(8)15-3/h5-7H,1-4H3. The van der Waals surface area contributed by atoms with Gasteiger partial charge in [-0.1, -0.05) is 12.1 Å². The Morgan fingerprint density at radius 2 is 1.94 bits per heavy atom. The number of halogens is 1. The fraction of sp³-hybridized carbons (Fsp3) is 0.417. The minimum atomic E-state index is -0.732. The molecule has 1 rings (SSSR count). The molecule has 0 saturated heterocycles. The Balaban J connectivity index is 3.32.